The minimum absolute atomic E-state index is 0.192. The number of aryl methyl sites for hydroxylation is 1. The molecule has 0 saturated carbocycles. The molecule has 88 valence electrons. The molecule has 3 nitrogen and oxygen atoms in total. The van der Waals surface area contributed by atoms with E-state index in [-0.39, 0.29) is 18.2 Å². The monoisotopic (exact) mass is 226 g/mol. The van der Waals surface area contributed by atoms with Crippen molar-refractivity contribution in [2.24, 2.45) is 0 Å². The molecule has 0 aromatic heterocycles. The van der Waals surface area contributed by atoms with Gasteiger partial charge in [-0.25, -0.2) is 4.39 Å². The van der Waals surface area contributed by atoms with Crippen molar-refractivity contribution in [3.05, 3.63) is 29.6 Å². The second-order valence-corrected chi connectivity index (χ2v) is 3.26. The van der Waals surface area contributed by atoms with E-state index in [0.717, 1.165) is 0 Å². The number of hydrogen-bond donors (Lipinski definition) is 0. The lowest BCUT2D eigenvalue weighted by Crippen LogP contribution is -2.06. The number of methoxy groups -OCH3 is 1. The summed E-state index contributed by atoms with van der Waals surface area (Å²) in [6.45, 7) is 2.09. The van der Waals surface area contributed by atoms with Crippen LogP contribution < -0.4 is 4.74 Å². The number of esters is 1. The molecule has 0 amide bonds. The van der Waals surface area contributed by atoms with Crippen molar-refractivity contribution in [3.63, 3.8) is 0 Å². The molecule has 0 fully saturated rings. The van der Waals surface area contributed by atoms with Crippen LogP contribution in [0.5, 0.6) is 5.75 Å². The second kappa shape index (κ2) is 6.10. The van der Waals surface area contributed by atoms with Crippen LogP contribution in [0.25, 0.3) is 0 Å². The molecule has 0 aliphatic rings. The van der Waals surface area contributed by atoms with Crippen LogP contribution in [0, 0.1) is 5.82 Å². The van der Waals surface area contributed by atoms with Crippen molar-refractivity contribution in [1.82, 2.24) is 0 Å². The normalized spacial score (nSPS) is 9.94. The third-order valence-corrected chi connectivity index (χ3v) is 2.16. The summed E-state index contributed by atoms with van der Waals surface area (Å²) in [6, 6.07) is 4.59. The minimum Gasteiger partial charge on any atom is -0.497 e. The third-order valence-electron chi connectivity index (χ3n) is 2.16. The first-order chi connectivity index (χ1) is 7.67. The van der Waals surface area contributed by atoms with Gasteiger partial charge in [0.25, 0.3) is 0 Å². The Hall–Kier alpha value is -1.58. The second-order valence-electron chi connectivity index (χ2n) is 3.26. The van der Waals surface area contributed by atoms with Crippen LogP contribution in [-0.4, -0.2) is 19.7 Å². The average molecular weight is 226 g/mol. The van der Waals surface area contributed by atoms with E-state index in [2.05, 4.69) is 0 Å². The van der Waals surface area contributed by atoms with E-state index in [1.165, 1.54) is 13.2 Å². The number of ether oxygens (including phenoxy) is 2. The van der Waals surface area contributed by atoms with Gasteiger partial charge in [-0.3, -0.25) is 4.79 Å². The predicted molar refractivity (Wildman–Crippen MR) is 57.9 cm³/mol. The summed E-state index contributed by atoms with van der Waals surface area (Å²) in [5.74, 6) is -0.196. The Morgan fingerprint density at radius 3 is 2.75 bits per heavy atom. The molecule has 0 aliphatic heterocycles. The van der Waals surface area contributed by atoms with Gasteiger partial charge in [-0.05, 0) is 25.0 Å². The molecular weight excluding hydrogens is 211 g/mol. The highest BCUT2D eigenvalue weighted by atomic mass is 19.1. The lowest BCUT2D eigenvalue weighted by Gasteiger charge is -2.05. The molecule has 1 rings (SSSR count). The van der Waals surface area contributed by atoms with Crippen LogP contribution in [0.1, 0.15) is 18.9 Å². The summed E-state index contributed by atoms with van der Waals surface area (Å²) >= 11 is 0. The number of hydrogen-bond acceptors (Lipinski definition) is 3. The van der Waals surface area contributed by atoms with E-state index >= 15 is 0 Å². The van der Waals surface area contributed by atoms with Crippen LogP contribution >= 0.6 is 0 Å². The maximum absolute atomic E-state index is 13.4. The van der Waals surface area contributed by atoms with Gasteiger partial charge in [0.2, 0.25) is 0 Å². The molecule has 0 spiro atoms. The quantitative estimate of drug-likeness (QED) is 0.723. The standard InChI is InChI=1S/C12H15FO3/c1-3-16-12(14)7-5-9-4-6-10(15-2)8-11(9)13/h4,6,8H,3,5,7H2,1-2H3. The van der Waals surface area contributed by atoms with E-state index in [9.17, 15) is 9.18 Å². The van der Waals surface area contributed by atoms with Gasteiger partial charge >= 0.3 is 5.97 Å². The highest BCUT2D eigenvalue weighted by Gasteiger charge is 2.07. The summed E-state index contributed by atoms with van der Waals surface area (Å²) in [7, 11) is 1.48. The Bertz CT molecular complexity index is 363. The van der Waals surface area contributed by atoms with Crippen molar-refractivity contribution in [2.75, 3.05) is 13.7 Å². The number of carbonyl (C=O) groups excluding carboxylic acids is 1. The molecular formula is C12H15FO3. The lowest BCUT2D eigenvalue weighted by molar-refractivity contribution is -0.143. The number of benzene rings is 1. The van der Waals surface area contributed by atoms with Gasteiger partial charge in [-0.15, -0.1) is 0 Å². The maximum Gasteiger partial charge on any atom is 0.306 e. The van der Waals surface area contributed by atoms with E-state index in [4.69, 9.17) is 9.47 Å². The molecule has 4 heteroatoms. The fourth-order valence-corrected chi connectivity index (χ4v) is 1.33. The Balaban J connectivity index is 2.57. The van der Waals surface area contributed by atoms with Gasteiger partial charge in [0.05, 0.1) is 13.7 Å². The van der Waals surface area contributed by atoms with Crippen LogP contribution in [0.2, 0.25) is 0 Å². The fraction of sp³-hybridized carbons (Fsp3) is 0.417. The zero-order valence-corrected chi connectivity index (χ0v) is 9.46. The molecule has 16 heavy (non-hydrogen) atoms. The summed E-state index contributed by atoms with van der Waals surface area (Å²) in [5.41, 5.74) is 0.494. The molecule has 0 unspecified atom stereocenters. The van der Waals surface area contributed by atoms with E-state index in [0.29, 0.717) is 24.3 Å². The first kappa shape index (κ1) is 12.5. The molecule has 0 bridgehead atoms. The zero-order valence-electron chi connectivity index (χ0n) is 9.46. The van der Waals surface area contributed by atoms with Gasteiger partial charge in [-0.1, -0.05) is 6.07 Å². The summed E-state index contributed by atoms with van der Waals surface area (Å²) in [6.07, 6.45) is 0.533. The van der Waals surface area contributed by atoms with Crippen LogP contribution in [-0.2, 0) is 16.0 Å². The van der Waals surface area contributed by atoms with Crippen molar-refractivity contribution in [2.45, 2.75) is 19.8 Å². The summed E-state index contributed by atoms with van der Waals surface area (Å²) in [4.78, 5) is 11.1. The third kappa shape index (κ3) is 3.53. The highest BCUT2D eigenvalue weighted by molar-refractivity contribution is 5.69. The Morgan fingerprint density at radius 1 is 1.44 bits per heavy atom. The first-order valence-corrected chi connectivity index (χ1v) is 5.15. The zero-order chi connectivity index (χ0) is 12.0. The predicted octanol–water partition coefficient (Wildman–Crippen LogP) is 2.33. The molecule has 1 aromatic rings. The Kier molecular flexibility index (Phi) is 4.76. The smallest absolute Gasteiger partial charge is 0.306 e. The molecule has 0 atom stereocenters. The van der Waals surface area contributed by atoms with E-state index < -0.39 is 0 Å². The van der Waals surface area contributed by atoms with Gasteiger partial charge in [0.1, 0.15) is 11.6 Å². The van der Waals surface area contributed by atoms with Gasteiger partial charge in [-0.2, -0.15) is 0 Å². The average Bonchev–Trinajstić information content (AvgIpc) is 2.27. The van der Waals surface area contributed by atoms with Crippen LogP contribution in [0.3, 0.4) is 0 Å². The van der Waals surface area contributed by atoms with Gasteiger partial charge in [0.15, 0.2) is 0 Å². The molecule has 0 heterocycles. The molecule has 0 saturated heterocycles. The summed E-state index contributed by atoms with van der Waals surface area (Å²) in [5, 5.41) is 0. The van der Waals surface area contributed by atoms with Crippen molar-refractivity contribution in [1.29, 1.82) is 0 Å². The van der Waals surface area contributed by atoms with Crippen molar-refractivity contribution in [3.8, 4) is 5.75 Å². The molecule has 0 N–H and O–H groups in total. The first-order valence-electron chi connectivity index (χ1n) is 5.15. The lowest BCUT2D eigenvalue weighted by atomic mass is 10.1. The van der Waals surface area contributed by atoms with Crippen molar-refractivity contribution < 1.29 is 18.7 Å². The maximum atomic E-state index is 13.4. The number of rotatable bonds is 5. The topological polar surface area (TPSA) is 35.5 Å². The summed E-state index contributed by atoms with van der Waals surface area (Å²) < 4.78 is 23.1. The Morgan fingerprint density at radius 2 is 2.19 bits per heavy atom. The minimum atomic E-state index is -0.358. The van der Waals surface area contributed by atoms with Crippen molar-refractivity contribution >= 4 is 5.97 Å². The van der Waals surface area contributed by atoms with Crippen LogP contribution in [0.4, 0.5) is 4.39 Å². The van der Waals surface area contributed by atoms with Crippen LogP contribution in [0.15, 0.2) is 18.2 Å². The highest BCUT2D eigenvalue weighted by Crippen LogP contribution is 2.17. The fourth-order valence-electron chi connectivity index (χ4n) is 1.33. The van der Waals surface area contributed by atoms with Gasteiger partial charge < -0.3 is 9.47 Å². The van der Waals surface area contributed by atoms with E-state index in [1.54, 1.807) is 19.1 Å². The largest absolute Gasteiger partial charge is 0.497 e. The molecule has 0 radical (unpaired) electrons. The van der Waals surface area contributed by atoms with Gasteiger partial charge in [0, 0.05) is 12.5 Å². The SMILES string of the molecule is CCOC(=O)CCc1ccc(OC)cc1F. The Labute approximate surface area is 94.2 Å². The number of halogens is 1. The molecule has 0 aliphatic carbocycles. The number of carbonyl (C=O) groups is 1. The molecule has 1 aromatic carbocycles. The van der Waals surface area contributed by atoms with E-state index in [1.807, 2.05) is 0 Å².